The average molecular weight is 452 g/mol. The lowest BCUT2D eigenvalue weighted by atomic mass is 9.87. The highest BCUT2D eigenvalue weighted by molar-refractivity contribution is 5.89. The number of esters is 2. The molecule has 32 heavy (non-hydrogen) atoms. The van der Waals surface area contributed by atoms with E-state index in [1.165, 1.54) is 24.3 Å². The van der Waals surface area contributed by atoms with Crippen LogP contribution in [0.2, 0.25) is 0 Å². The molecule has 2 heterocycles. The third-order valence-corrected chi connectivity index (χ3v) is 6.66. The predicted molar refractivity (Wildman–Crippen MR) is 106 cm³/mol. The van der Waals surface area contributed by atoms with E-state index in [4.69, 9.17) is 18.9 Å². The number of hydrogen-bond acceptors (Lipinski definition) is 10. The molecular formula is C22H28O10. The molecule has 1 aromatic rings. The molecule has 0 bridgehead atoms. The summed E-state index contributed by atoms with van der Waals surface area (Å²) in [5, 5.41) is 40.3. The molecule has 3 fully saturated rings. The first kappa shape index (κ1) is 22.9. The minimum atomic E-state index is -1.57. The van der Waals surface area contributed by atoms with Crippen LogP contribution >= 0.6 is 0 Å². The van der Waals surface area contributed by atoms with E-state index in [1.54, 1.807) is 0 Å². The van der Waals surface area contributed by atoms with Crippen LogP contribution in [0.4, 0.5) is 0 Å². The minimum absolute atomic E-state index is 0.000988. The zero-order chi connectivity index (χ0) is 23.0. The smallest absolute Gasteiger partial charge is 0.338 e. The average Bonchev–Trinajstić information content (AvgIpc) is 3.10. The molecule has 1 saturated carbocycles. The molecule has 10 heteroatoms. The van der Waals surface area contributed by atoms with Gasteiger partial charge in [-0.2, -0.15) is 0 Å². The largest absolute Gasteiger partial charge is 0.508 e. The molecule has 4 N–H and O–H groups in total. The van der Waals surface area contributed by atoms with E-state index < -0.39 is 42.8 Å². The molecule has 4 rings (SSSR count). The van der Waals surface area contributed by atoms with Crippen LogP contribution in [0.1, 0.15) is 30.1 Å². The third-order valence-electron chi connectivity index (χ3n) is 6.66. The number of aliphatic hydroxyl groups is 3. The highest BCUT2D eigenvalue weighted by Crippen LogP contribution is 2.44. The maximum atomic E-state index is 12.2. The summed E-state index contributed by atoms with van der Waals surface area (Å²) in [7, 11) is 0. The van der Waals surface area contributed by atoms with Gasteiger partial charge in [-0.25, -0.2) is 4.79 Å². The lowest BCUT2D eigenvalue weighted by molar-refractivity contribution is -0.313. The number of carbonyl (C=O) groups is 2. The van der Waals surface area contributed by atoms with Crippen LogP contribution in [0, 0.1) is 17.8 Å². The maximum Gasteiger partial charge on any atom is 0.338 e. The molecule has 176 valence electrons. The van der Waals surface area contributed by atoms with Gasteiger partial charge in [-0.05, 0) is 48.9 Å². The topological polar surface area (TPSA) is 152 Å². The van der Waals surface area contributed by atoms with Crippen LogP contribution in [-0.2, 0) is 23.7 Å². The Labute approximate surface area is 184 Å². The zero-order valence-corrected chi connectivity index (χ0v) is 17.6. The molecule has 0 amide bonds. The second kappa shape index (κ2) is 9.32. The van der Waals surface area contributed by atoms with Crippen molar-refractivity contribution in [3.63, 3.8) is 0 Å². The highest BCUT2D eigenvalue weighted by atomic mass is 16.7. The zero-order valence-electron chi connectivity index (χ0n) is 17.6. The monoisotopic (exact) mass is 452 g/mol. The van der Waals surface area contributed by atoms with E-state index in [0.29, 0.717) is 13.0 Å². The number of ether oxygens (including phenoxy) is 4. The lowest BCUT2D eigenvalue weighted by Gasteiger charge is -2.41. The van der Waals surface area contributed by atoms with Crippen LogP contribution < -0.4 is 0 Å². The number of benzene rings is 1. The van der Waals surface area contributed by atoms with Crippen molar-refractivity contribution in [3.8, 4) is 5.75 Å². The van der Waals surface area contributed by atoms with Crippen molar-refractivity contribution in [1.29, 1.82) is 0 Å². The Hall–Kier alpha value is -2.24. The van der Waals surface area contributed by atoms with Crippen LogP contribution in [0.25, 0.3) is 0 Å². The SMILES string of the molecule is CC1C(OC2OC(COC(=O)c3ccc(O)cc3)C(O)C(O)C2O)CC2CCOC(=O)C21. The first-order valence-corrected chi connectivity index (χ1v) is 10.7. The molecule has 3 aliphatic rings. The van der Waals surface area contributed by atoms with Gasteiger partial charge in [0.15, 0.2) is 6.29 Å². The standard InChI is InChI=1S/C22H28O10/c1-10-14(8-12-6-7-29-21(28)16(10)12)31-22-19(26)18(25)17(24)15(32-22)9-30-20(27)11-2-4-13(23)5-3-11/h2-5,10,12,14-19,22-26H,6-9H2,1H3. The number of fused-ring (bicyclic) bond motifs is 1. The summed E-state index contributed by atoms with van der Waals surface area (Å²) in [6.45, 7) is 1.86. The first-order chi connectivity index (χ1) is 15.3. The van der Waals surface area contributed by atoms with E-state index in [0.717, 1.165) is 6.42 Å². The molecule has 9 unspecified atom stereocenters. The second-order valence-corrected chi connectivity index (χ2v) is 8.67. The maximum absolute atomic E-state index is 12.2. The Morgan fingerprint density at radius 1 is 1.12 bits per heavy atom. The van der Waals surface area contributed by atoms with Crippen molar-refractivity contribution in [1.82, 2.24) is 0 Å². The van der Waals surface area contributed by atoms with Gasteiger partial charge in [0.25, 0.3) is 0 Å². The van der Waals surface area contributed by atoms with Gasteiger partial charge in [-0.15, -0.1) is 0 Å². The van der Waals surface area contributed by atoms with Crippen molar-refractivity contribution in [2.24, 2.45) is 17.8 Å². The van der Waals surface area contributed by atoms with E-state index >= 15 is 0 Å². The molecule has 0 aromatic heterocycles. The summed E-state index contributed by atoms with van der Waals surface area (Å²) < 4.78 is 21.9. The normalized spacial score (nSPS) is 39.2. The van der Waals surface area contributed by atoms with Gasteiger partial charge in [0.2, 0.25) is 0 Å². The summed E-state index contributed by atoms with van der Waals surface area (Å²) in [5.41, 5.74) is 0.191. The summed E-state index contributed by atoms with van der Waals surface area (Å²) in [5.74, 6) is -1.29. The molecule has 0 radical (unpaired) electrons. The first-order valence-electron chi connectivity index (χ1n) is 10.7. The fourth-order valence-corrected chi connectivity index (χ4v) is 4.79. The molecular weight excluding hydrogens is 424 g/mol. The van der Waals surface area contributed by atoms with E-state index in [-0.39, 0.29) is 41.6 Å². The Morgan fingerprint density at radius 3 is 2.53 bits per heavy atom. The van der Waals surface area contributed by atoms with E-state index in [9.17, 15) is 30.0 Å². The van der Waals surface area contributed by atoms with Gasteiger partial charge in [-0.1, -0.05) is 6.92 Å². The van der Waals surface area contributed by atoms with Crippen molar-refractivity contribution in [2.45, 2.75) is 56.6 Å². The van der Waals surface area contributed by atoms with E-state index in [1.807, 2.05) is 6.92 Å². The number of rotatable bonds is 5. The Bertz CT molecular complexity index is 827. The molecule has 2 aliphatic heterocycles. The number of aromatic hydroxyl groups is 1. The van der Waals surface area contributed by atoms with Gasteiger partial charge >= 0.3 is 11.9 Å². The summed E-state index contributed by atoms with van der Waals surface area (Å²) in [4.78, 5) is 24.3. The Balaban J connectivity index is 1.38. The Kier molecular flexibility index (Phi) is 6.68. The highest BCUT2D eigenvalue weighted by Gasteiger charge is 2.51. The number of phenols is 1. The van der Waals surface area contributed by atoms with Gasteiger partial charge in [0, 0.05) is 0 Å². The fourth-order valence-electron chi connectivity index (χ4n) is 4.79. The summed E-state index contributed by atoms with van der Waals surface area (Å²) in [6, 6.07) is 5.43. The third kappa shape index (κ3) is 4.46. The molecule has 0 spiro atoms. The summed E-state index contributed by atoms with van der Waals surface area (Å²) in [6.07, 6.45) is -6.07. The van der Waals surface area contributed by atoms with E-state index in [2.05, 4.69) is 0 Å². The van der Waals surface area contributed by atoms with Gasteiger partial charge in [0.1, 0.15) is 36.8 Å². The number of carbonyl (C=O) groups excluding carboxylic acids is 2. The number of hydrogen-bond donors (Lipinski definition) is 4. The van der Waals surface area contributed by atoms with Crippen molar-refractivity contribution in [2.75, 3.05) is 13.2 Å². The molecule has 2 saturated heterocycles. The van der Waals surface area contributed by atoms with Crippen LogP contribution in [0.15, 0.2) is 24.3 Å². The van der Waals surface area contributed by atoms with Gasteiger partial charge < -0.3 is 39.4 Å². The van der Waals surface area contributed by atoms with Gasteiger partial charge in [-0.3, -0.25) is 4.79 Å². The number of cyclic esters (lactones) is 1. The van der Waals surface area contributed by atoms with Gasteiger partial charge in [0.05, 0.1) is 24.2 Å². The minimum Gasteiger partial charge on any atom is -0.508 e. The fraction of sp³-hybridized carbons (Fsp3) is 0.636. The van der Waals surface area contributed by atoms with Crippen molar-refractivity contribution >= 4 is 11.9 Å². The summed E-state index contributed by atoms with van der Waals surface area (Å²) >= 11 is 0. The molecule has 9 atom stereocenters. The number of phenolic OH excluding ortho intramolecular Hbond substituents is 1. The lowest BCUT2D eigenvalue weighted by Crippen LogP contribution is -2.60. The number of aliphatic hydroxyl groups excluding tert-OH is 3. The van der Waals surface area contributed by atoms with Crippen LogP contribution in [0.5, 0.6) is 5.75 Å². The van der Waals surface area contributed by atoms with Crippen LogP contribution in [0.3, 0.4) is 0 Å². The second-order valence-electron chi connectivity index (χ2n) is 8.67. The van der Waals surface area contributed by atoms with Crippen molar-refractivity contribution < 1.29 is 49.0 Å². The molecule has 10 nitrogen and oxygen atoms in total. The Morgan fingerprint density at radius 2 is 1.84 bits per heavy atom. The molecule has 1 aliphatic carbocycles. The predicted octanol–water partition coefficient (Wildman–Crippen LogP) is -0.0391. The quantitative estimate of drug-likeness (QED) is 0.448. The molecule has 1 aromatic carbocycles. The van der Waals surface area contributed by atoms with Crippen molar-refractivity contribution in [3.05, 3.63) is 29.8 Å². The van der Waals surface area contributed by atoms with Crippen LogP contribution in [-0.4, -0.2) is 82.4 Å².